The minimum Gasteiger partial charge on any atom is -0.497 e. The van der Waals surface area contributed by atoms with E-state index in [0.717, 1.165) is 11.4 Å². The summed E-state index contributed by atoms with van der Waals surface area (Å²) in [6.45, 7) is 0.958. The van der Waals surface area contributed by atoms with Gasteiger partial charge in [-0.25, -0.2) is 9.80 Å². The Morgan fingerprint density at radius 3 is 1.64 bits per heavy atom. The van der Waals surface area contributed by atoms with Crippen LogP contribution >= 0.6 is 69.6 Å². The Labute approximate surface area is 159 Å². The van der Waals surface area contributed by atoms with Crippen molar-refractivity contribution in [1.29, 1.82) is 0 Å². The summed E-state index contributed by atoms with van der Waals surface area (Å²) < 4.78 is 1.92. The van der Waals surface area contributed by atoms with Crippen LogP contribution in [-0.4, -0.2) is 44.7 Å². The van der Waals surface area contributed by atoms with Crippen molar-refractivity contribution >= 4 is 75.3 Å². The summed E-state index contributed by atoms with van der Waals surface area (Å²) in [5.41, 5.74) is 0.888. The summed E-state index contributed by atoms with van der Waals surface area (Å²) in [6.07, 6.45) is 0. The molecule has 0 bridgehead atoms. The van der Waals surface area contributed by atoms with Crippen LogP contribution < -0.4 is 9.64 Å². The Hall–Kier alpha value is 0.480. The van der Waals surface area contributed by atoms with Gasteiger partial charge in [0.25, 0.3) is 0 Å². The first-order valence-corrected chi connectivity index (χ1v) is 8.40. The molecule has 2 rings (SSSR count). The zero-order valence-corrected chi connectivity index (χ0v) is 16.0. The van der Waals surface area contributed by atoms with Crippen LogP contribution in [0.5, 0.6) is 5.75 Å². The molecule has 0 atom stereocenters. The molecule has 10 heteroatoms. The van der Waals surface area contributed by atoms with Gasteiger partial charge < -0.3 is 9.64 Å². The lowest BCUT2D eigenvalue weighted by Gasteiger charge is -2.47. The number of benzene rings is 1. The van der Waals surface area contributed by atoms with Crippen molar-refractivity contribution in [3.8, 4) is 5.75 Å². The quantitative estimate of drug-likeness (QED) is 0.505. The van der Waals surface area contributed by atoms with Crippen molar-refractivity contribution in [2.75, 3.05) is 32.0 Å². The lowest BCUT2D eigenvalue weighted by molar-refractivity contribution is 0.0831. The molecular formula is C12H13Cl6N3O. The second kappa shape index (κ2) is 7.16. The van der Waals surface area contributed by atoms with Crippen LogP contribution in [0.15, 0.2) is 24.3 Å². The van der Waals surface area contributed by atoms with Crippen LogP contribution in [0.1, 0.15) is 0 Å². The molecule has 1 aliphatic heterocycles. The molecule has 1 aromatic carbocycles. The van der Waals surface area contributed by atoms with Crippen LogP contribution in [0.25, 0.3) is 0 Å². The fourth-order valence-electron chi connectivity index (χ4n) is 2.03. The summed E-state index contributed by atoms with van der Waals surface area (Å²) >= 11 is 35.9. The van der Waals surface area contributed by atoms with Crippen molar-refractivity contribution in [3.63, 3.8) is 0 Å². The van der Waals surface area contributed by atoms with Gasteiger partial charge in [0.1, 0.15) is 5.75 Å². The molecule has 1 fully saturated rings. The molecule has 0 spiro atoms. The van der Waals surface area contributed by atoms with E-state index < -0.39 is 7.83 Å². The highest BCUT2D eigenvalue weighted by Crippen LogP contribution is 2.39. The SMILES string of the molecule is COc1ccc(N2CN(C(Cl)(Cl)Cl)CN(C(Cl)(Cl)Cl)C2)cc1. The number of hydrogen-bond acceptors (Lipinski definition) is 4. The summed E-state index contributed by atoms with van der Waals surface area (Å²) in [7, 11) is 1.60. The van der Waals surface area contributed by atoms with Crippen LogP contribution in [0.3, 0.4) is 0 Å². The topological polar surface area (TPSA) is 19.0 Å². The van der Waals surface area contributed by atoms with E-state index in [1.807, 2.05) is 29.2 Å². The predicted molar refractivity (Wildman–Crippen MR) is 94.3 cm³/mol. The first-order chi connectivity index (χ1) is 10.1. The van der Waals surface area contributed by atoms with E-state index in [-0.39, 0.29) is 6.67 Å². The highest BCUT2D eigenvalue weighted by molar-refractivity contribution is 6.67. The third-order valence-electron chi connectivity index (χ3n) is 3.18. The maximum Gasteiger partial charge on any atom is 0.250 e. The van der Waals surface area contributed by atoms with E-state index in [1.165, 1.54) is 0 Å². The molecule has 0 N–H and O–H groups in total. The second-order valence-corrected chi connectivity index (χ2v) is 9.12. The van der Waals surface area contributed by atoms with Gasteiger partial charge >= 0.3 is 0 Å². The molecule has 22 heavy (non-hydrogen) atoms. The van der Waals surface area contributed by atoms with E-state index in [4.69, 9.17) is 74.3 Å². The number of rotatable bonds is 2. The zero-order chi connectivity index (χ0) is 16.5. The number of halogens is 6. The molecule has 1 heterocycles. The summed E-state index contributed by atoms with van der Waals surface area (Å²) in [5.74, 6) is 0.747. The lowest BCUT2D eigenvalue weighted by Crippen LogP contribution is -2.61. The van der Waals surface area contributed by atoms with Crippen molar-refractivity contribution in [1.82, 2.24) is 9.80 Å². The number of alkyl halides is 6. The average molecular weight is 428 g/mol. The van der Waals surface area contributed by atoms with E-state index in [0.29, 0.717) is 13.3 Å². The molecule has 1 aliphatic rings. The highest BCUT2D eigenvalue weighted by atomic mass is 35.6. The third-order valence-corrected chi connectivity index (χ3v) is 4.61. The smallest absolute Gasteiger partial charge is 0.250 e. The average Bonchev–Trinajstić information content (AvgIpc) is 2.45. The Morgan fingerprint density at radius 2 is 1.27 bits per heavy atom. The van der Waals surface area contributed by atoms with E-state index in [1.54, 1.807) is 16.9 Å². The molecule has 4 nitrogen and oxygen atoms in total. The van der Waals surface area contributed by atoms with Gasteiger partial charge in [-0.15, -0.1) is 0 Å². The van der Waals surface area contributed by atoms with Gasteiger partial charge in [0.05, 0.1) is 27.1 Å². The van der Waals surface area contributed by atoms with Gasteiger partial charge in [-0.05, 0) is 24.3 Å². The number of anilines is 1. The van der Waals surface area contributed by atoms with E-state index in [2.05, 4.69) is 0 Å². The monoisotopic (exact) mass is 425 g/mol. The van der Waals surface area contributed by atoms with E-state index >= 15 is 0 Å². The molecule has 1 aromatic rings. The van der Waals surface area contributed by atoms with Crippen LogP contribution in [0.2, 0.25) is 0 Å². The maximum absolute atomic E-state index is 5.98. The number of ether oxygens (including phenoxy) is 1. The molecule has 0 unspecified atom stereocenters. The van der Waals surface area contributed by atoms with Gasteiger partial charge in [-0.1, -0.05) is 69.6 Å². The minimum atomic E-state index is -1.61. The number of methoxy groups -OCH3 is 1. The molecule has 0 aromatic heterocycles. The summed E-state index contributed by atoms with van der Waals surface area (Å²) in [4.78, 5) is 5.05. The lowest BCUT2D eigenvalue weighted by atomic mass is 10.3. The molecule has 0 aliphatic carbocycles. The zero-order valence-electron chi connectivity index (χ0n) is 11.4. The first kappa shape index (κ1) is 18.8. The fourth-order valence-corrected chi connectivity index (χ4v) is 2.67. The van der Waals surface area contributed by atoms with Crippen molar-refractivity contribution < 1.29 is 4.74 Å². The minimum absolute atomic E-state index is 0.208. The second-order valence-electron chi connectivity index (χ2n) is 4.68. The third kappa shape index (κ3) is 4.74. The molecule has 0 saturated carbocycles. The normalized spacial score (nSPS) is 18.6. The van der Waals surface area contributed by atoms with E-state index in [9.17, 15) is 0 Å². The van der Waals surface area contributed by atoms with Crippen LogP contribution in [-0.2, 0) is 0 Å². The maximum atomic E-state index is 5.98. The van der Waals surface area contributed by atoms with Crippen molar-refractivity contribution in [3.05, 3.63) is 24.3 Å². The fraction of sp³-hybridized carbons (Fsp3) is 0.500. The predicted octanol–water partition coefficient (Wildman–Crippen LogP) is 4.65. The van der Waals surface area contributed by atoms with Crippen LogP contribution in [0, 0.1) is 0 Å². The standard InChI is InChI=1S/C12H13Cl6N3O/c1-22-10-4-2-9(3-5-10)19-6-20(11(13,14)15)8-21(7-19)12(16,17)18/h2-5H,6-8H2,1H3. The van der Waals surface area contributed by atoms with Crippen molar-refractivity contribution in [2.24, 2.45) is 0 Å². The van der Waals surface area contributed by atoms with Gasteiger partial charge in [-0.3, -0.25) is 0 Å². The number of nitrogens with zero attached hydrogens (tertiary/aromatic N) is 3. The molecule has 0 amide bonds. The van der Waals surface area contributed by atoms with Gasteiger partial charge in [0.15, 0.2) is 0 Å². The molecule has 0 radical (unpaired) electrons. The van der Waals surface area contributed by atoms with Crippen molar-refractivity contribution in [2.45, 2.75) is 7.83 Å². The summed E-state index contributed by atoms with van der Waals surface area (Å²) in [5, 5.41) is 0. The van der Waals surface area contributed by atoms with Gasteiger partial charge in [-0.2, -0.15) is 0 Å². The van der Waals surface area contributed by atoms with Gasteiger partial charge in [0, 0.05) is 5.69 Å². The number of hydrogen-bond donors (Lipinski definition) is 0. The highest BCUT2D eigenvalue weighted by Gasteiger charge is 2.41. The Morgan fingerprint density at radius 1 is 0.818 bits per heavy atom. The molecular weight excluding hydrogens is 415 g/mol. The Bertz CT molecular complexity index is 479. The molecule has 124 valence electrons. The Kier molecular flexibility index (Phi) is 6.12. The van der Waals surface area contributed by atoms with Gasteiger partial charge in [0.2, 0.25) is 7.83 Å². The first-order valence-electron chi connectivity index (χ1n) is 6.14. The summed E-state index contributed by atoms with van der Waals surface area (Å²) in [6, 6.07) is 7.45. The largest absolute Gasteiger partial charge is 0.497 e. The Balaban J connectivity index is 2.25. The van der Waals surface area contributed by atoms with Crippen LogP contribution in [0.4, 0.5) is 5.69 Å². The molecule has 1 saturated heterocycles.